The molecule has 0 bridgehead atoms. The van der Waals surface area contributed by atoms with Crippen LogP contribution >= 0.6 is 0 Å². The molecule has 1 aromatic carbocycles. The minimum absolute atomic E-state index is 0.0924. The number of para-hydroxylation sites is 1. The average molecular weight is 297 g/mol. The van der Waals surface area contributed by atoms with Gasteiger partial charge in [-0.3, -0.25) is 0 Å². The van der Waals surface area contributed by atoms with Gasteiger partial charge in [0.1, 0.15) is 0 Å². The van der Waals surface area contributed by atoms with E-state index in [2.05, 4.69) is 5.32 Å². The largest absolute Gasteiger partial charge is 0.476 e. The van der Waals surface area contributed by atoms with Gasteiger partial charge in [-0.25, -0.2) is 9.18 Å². The zero-order valence-electron chi connectivity index (χ0n) is 13.3. The van der Waals surface area contributed by atoms with Crippen LogP contribution in [0.3, 0.4) is 0 Å². The van der Waals surface area contributed by atoms with E-state index in [9.17, 15) is 9.18 Å². The summed E-state index contributed by atoms with van der Waals surface area (Å²) in [6, 6.07) is 4.71. The summed E-state index contributed by atoms with van der Waals surface area (Å²) < 4.78 is 24.3. The van der Waals surface area contributed by atoms with Crippen molar-refractivity contribution >= 4 is 5.97 Å². The van der Waals surface area contributed by atoms with Crippen LogP contribution in [0.25, 0.3) is 0 Å². The number of carbonyl (C=O) groups excluding carboxylic acids is 1. The molecule has 5 heteroatoms. The SMILES string of the molecule is CCOC(=O)C(C)Oc1c(F)cccc1CNC(C)(C)C. The van der Waals surface area contributed by atoms with E-state index in [0.717, 1.165) is 0 Å². The van der Waals surface area contributed by atoms with Gasteiger partial charge < -0.3 is 14.8 Å². The molecule has 0 aliphatic heterocycles. The highest BCUT2D eigenvalue weighted by Crippen LogP contribution is 2.24. The fraction of sp³-hybridized carbons (Fsp3) is 0.562. The quantitative estimate of drug-likeness (QED) is 0.820. The second-order valence-electron chi connectivity index (χ2n) is 5.84. The number of esters is 1. The normalized spacial score (nSPS) is 12.9. The van der Waals surface area contributed by atoms with E-state index in [-0.39, 0.29) is 17.9 Å². The molecule has 0 aliphatic carbocycles. The van der Waals surface area contributed by atoms with Gasteiger partial charge in [-0.2, -0.15) is 0 Å². The monoisotopic (exact) mass is 297 g/mol. The van der Waals surface area contributed by atoms with Crippen molar-refractivity contribution in [1.82, 2.24) is 5.32 Å². The Morgan fingerprint density at radius 2 is 2.05 bits per heavy atom. The van der Waals surface area contributed by atoms with Crippen LogP contribution in [0.15, 0.2) is 18.2 Å². The minimum Gasteiger partial charge on any atom is -0.476 e. The summed E-state index contributed by atoms with van der Waals surface area (Å²) in [5.74, 6) is -0.898. The molecule has 21 heavy (non-hydrogen) atoms. The molecule has 1 aromatic rings. The zero-order valence-corrected chi connectivity index (χ0v) is 13.3. The highest BCUT2D eigenvalue weighted by Gasteiger charge is 2.20. The Morgan fingerprint density at radius 3 is 2.62 bits per heavy atom. The maximum atomic E-state index is 14.0. The van der Waals surface area contributed by atoms with Crippen LogP contribution in [0.5, 0.6) is 5.75 Å². The van der Waals surface area contributed by atoms with Gasteiger partial charge in [0, 0.05) is 17.6 Å². The third-order valence-electron chi connectivity index (χ3n) is 2.77. The summed E-state index contributed by atoms with van der Waals surface area (Å²) in [6.45, 7) is 10.0. The number of hydrogen-bond donors (Lipinski definition) is 1. The van der Waals surface area contributed by atoms with Crippen LogP contribution in [0.2, 0.25) is 0 Å². The van der Waals surface area contributed by atoms with Crippen molar-refractivity contribution in [2.75, 3.05) is 6.61 Å². The van der Waals surface area contributed by atoms with Crippen LogP contribution in [0, 0.1) is 5.82 Å². The molecule has 4 nitrogen and oxygen atoms in total. The summed E-state index contributed by atoms with van der Waals surface area (Å²) >= 11 is 0. The molecule has 1 atom stereocenters. The van der Waals surface area contributed by atoms with E-state index in [1.165, 1.54) is 6.07 Å². The van der Waals surface area contributed by atoms with Crippen molar-refractivity contribution in [3.8, 4) is 5.75 Å². The molecule has 0 heterocycles. The average Bonchev–Trinajstić information content (AvgIpc) is 2.38. The smallest absolute Gasteiger partial charge is 0.347 e. The fourth-order valence-corrected chi connectivity index (χ4v) is 1.67. The number of rotatable bonds is 6. The van der Waals surface area contributed by atoms with Gasteiger partial charge in [0.2, 0.25) is 0 Å². The van der Waals surface area contributed by atoms with Gasteiger partial charge in [-0.05, 0) is 40.7 Å². The van der Waals surface area contributed by atoms with E-state index in [1.807, 2.05) is 20.8 Å². The van der Waals surface area contributed by atoms with Crippen molar-refractivity contribution in [1.29, 1.82) is 0 Å². The highest BCUT2D eigenvalue weighted by atomic mass is 19.1. The van der Waals surface area contributed by atoms with Gasteiger partial charge in [0.25, 0.3) is 0 Å². The van der Waals surface area contributed by atoms with Gasteiger partial charge in [-0.1, -0.05) is 12.1 Å². The van der Waals surface area contributed by atoms with Crippen LogP contribution in [0.1, 0.15) is 40.2 Å². The summed E-state index contributed by atoms with van der Waals surface area (Å²) in [7, 11) is 0. The lowest BCUT2D eigenvalue weighted by molar-refractivity contribution is -0.150. The van der Waals surface area contributed by atoms with E-state index in [0.29, 0.717) is 12.1 Å². The Balaban J connectivity index is 2.87. The van der Waals surface area contributed by atoms with E-state index >= 15 is 0 Å². The molecule has 118 valence electrons. The molecular formula is C16H24FNO3. The first-order valence-corrected chi connectivity index (χ1v) is 7.10. The van der Waals surface area contributed by atoms with Crippen LogP contribution in [-0.4, -0.2) is 24.2 Å². The topological polar surface area (TPSA) is 47.6 Å². The lowest BCUT2D eigenvalue weighted by Gasteiger charge is -2.22. The number of hydrogen-bond acceptors (Lipinski definition) is 4. The van der Waals surface area contributed by atoms with Crippen LogP contribution in [0.4, 0.5) is 4.39 Å². The third-order valence-corrected chi connectivity index (χ3v) is 2.77. The van der Waals surface area contributed by atoms with Crippen molar-refractivity contribution in [3.05, 3.63) is 29.6 Å². The number of nitrogens with one attached hydrogen (secondary N) is 1. The van der Waals surface area contributed by atoms with Gasteiger partial charge in [0.05, 0.1) is 6.61 Å². The second kappa shape index (κ2) is 7.41. The first-order valence-electron chi connectivity index (χ1n) is 7.10. The summed E-state index contributed by atoms with van der Waals surface area (Å²) in [5.41, 5.74) is 0.567. The van der Waals surface area contributed by atoms with Gasteiger partial charge in [-0.15, -0.1) is 0 Å². The van der Waals surface area contributed by atoms with E-state index in [4.69, 9.17) is 9.47 Å². The van der Waals surface area contributed by atoms with E-state index < -0.39 is 17.9 Å². The second-order valence-corrected chi connectivity index (χ2v) is 5.84. The Morgan fingerprint density at radius 1 is 1.38 bits per heavy atom. The maximum Gasteiger partial charge on any atom is 0.347 e. The van der Waals surface area contributed by atoms with Gasteiger partial charge >= 0.3 is 5.97 Å². The number of carbonyl (C=O) groups is 1. The first kappa shape index (κ1) is 17.4. The minimum atomic E-state index is -0.852. The molecule has 0 aromatic heterocycles. The number of benzene rings is 1. The molecule has 0 aliphatic rings. The molecular weight excluding hydrogens is 273 g/mol. The van der Waals surface area contributed by atoms with Crippen LogP contribution < -0.4 is 10.1 Å². The predicted molar refractivity (Wildman–Crippen MR) is 79.7 cm³/mol. The Hall–Kier alpha value is -1.62. The molecule has 0 fully saturated rings. The zero-order chi connectivity index (χ0) is 16.0. The Labute approximate surface area is 125 Å². The molecule has 1 N–H and O–H groups in total. The molecule has 0 spiro atoms. The molecule has 0 amide bonds. The van der Waals surface area contributed by atoms with Crippen molar-refractivity contribution in [2.24, 2.45) is 0 Å². The number of halogens is 1. The van der Waals surface area contributed by atoms with Crippen molar-refractivity contribution in [2.45, 2.75) is 52.8 Å². The van der Waals surface area contributed by atoms with Gasteiger partial charge in [0.15, 0.2) is 17.7 Å². The summed E-state index contributed by atoms with van der Waals surface area (Å²) in [4.78, 5) is 11.6. The molecule has 1 rings (SSSR count). The molecule has 1 unspecified atom stereocenters. The Bertz CT molecular complexity index is 483. The lowest BCUT2D eigenvalue weighted by Crippen LogP contribution is -2.35. The van der Waals surface area contributed by atoms with Crippen molar-refractivity contribution in [3.63, 3.8) is 0 Å². The van der Waals surface area contributed by atoms with Crippen molar-refractivity contribution < 1.29 is 18.7 Å². The van der Waals surface area contributed by atoms with Crippen LogP contribution in [-0.2, 0) is 16.1 Å². The molecule has 0 saturated carbocycles. The van der Waals surface area contributed by atoms with E-state index in [1.54, 1.807) is 26.0 Å². The fourth-order valence-electron chi connectivity index (χ4n) is 1.67. The standard InChI is InChI=1S/C16H24FNO3/c1-6-20-15(19)11(2)21-14-12(8-7-9-13(14)17)10-18-16(3,4)5/h7-9,11,18H,6,10H2,1-5H3. The maximum absolute atomic E-state index is 14.0. The summed E-state index contributed by atoms with van der Waals surface area (Å²) in [5, 5.41) is 3.27. The Kier molecular flexibility index (Phi) is 6.15. The lowest BCUT2D eigenvalue weighted by atomic mass is 10.1. The predicted octanol–water partition coefficient (Wildman–Crippen LogP) is 3.04. The third kappa shape index (κ3) is 5.71. The number of ether oxygens (including phenoxy) is 2. The molecule has 0 saturated heterocycles. The summed E-state index contributed by atoms with van der Waals surface area (Å²) in [6.07, 6.45) is -0.852. The first-order chi connectivity index (χ1) is 9.74. The highest BCUT2D eigenvalue weighted by molar-refractivity contribution is 5.74. The molecule has 0 radical (unpaired) electrons.